The fourth-order valence-corrected chi connectivity index (χ4v) is 5.26. The number of pyridine rings is 1. The number of rotatable bonds is 8. The summed E-state index contributed by atoms with van der Waals surface area (Å²) in [7, 11) is 1.54. The van der Waals surface area contributed by atoms with Crippen LogP contribution in [0.1, 0.15) is 28.8 Å². The van der Waals surface area contributed by atoms with Crippen molar-refractivity contribution in [3.05, 3.63) is 83.0 Å². The van der Waals surface area contributed by atoms with Crippen molar-refractivity contribution in [1.82, 2.24) is 9.88 Å². The molecule has 1 saturated heterocycles. The Morgan fingerprint density at radius 1 is 1.16 bits per heavy atom. The third kappa shape index (κ3) is 5.65. The van der Waals surface area contributed by atoms with Gasteiger partial charge in [-0.15, -0.1) is 0 Å². The lowest BCUT2D eigenvalue weighted by Gasteiger charge is -2.28. The molecule has 1 aliphatic rings. The van der Waals surface area contributed by atoms with E-state index in [2.05, 4.69) is 11.1 Å². The number of methoxy groups -OCH3 is 1. The summed E-state index contributed by atoms with van der Waals surface area (Å²) < 4.78 is 5.17. The molecule has 1 atom stereocenters. The van der Waals surface area contributed by atoms with Crippen LogP contribution < -0.4 is 9.64 Å². The van der Waals surface area contributed by atoms with Crippen LogP contribution in [0, 0.1) is 25.2 Å². The van der Waals surface area contributed by atoms with Crippen molar-refractivity contribution >= 4 is 35.2 Å². The molecule has 0 saturated carbocycles. The van der Waals surface area contributed by atoms with Crippen molar-refractivity contribution in [3.63, 3.8) is 0 Å². The van der Waals surface area contributed by atoms with Gasteiger partial charge in [0.25, 0.3) is 5.91 Å². The van der Waals surface area contributed by atoms with Crippen LogP contribution in [0.5, 0.6) is 5.75 Å². The van der Waals surface area contributed by atoms with Crippen LogP contribution in [0.3, 0.4) is 0 Å². The standard InChI is InChI=1S/C28H26N4O4S/c1-18-13-19(2)30-27(23(18)15-29)37-17-26(34)31(16-20-7-5-4-6-8-20)24-14-25(33)32(28(24)35)21-9-11-22(36-3)12-10-21/h4-13,24H,14,16-17H2,1-3H3. The second-order valence-corrected chi connectivity index (χ2v) is 9.62. The van der Waals surface area contributed by atoms with Gasteiger partial charge in [0.05, 0.1) is 30.5 Å². The lowest BCUT2D eigenvalue weighted by atomic mass is 10.1. The molecule has 1 unspecified atom stereocenters. The van der Waals surface area contributed by atoms with Gasteiger partial charge in [0.15, 0.2) is 0 Å². The molecular weight excluding hydrogens is 488 g/mol. The molecule has 188 valence electrons. The third-order valence-electron chi connectivity index (χ3n) is 6.10. The zero-order chi connectivity index (χ0) is 26.5. The predicted octanol–water partition coefficient (Wildman–Crippen LogP) is 4.03. The first-order valence-electron chi connectivity index (χ1n) is 11.7. The molecule has 37 heavy (non-hydrogen) atoms. The Kier molecular flexibility index (Phi) is 7.89. The number of nitrogens with zero attached hydrogens (tertiary/aromatic N) is 4. The summed E-state index contributed by atoms with van der Waals surface area (Å²) in [5, 5.41) is 10.0. The third-order valence-corrected chi connectivity index (χ3v) is 7.06. The van der Waals surface area contributed by atoms with E-state index in [1.54, 1.807) is 24.3 Å². The van der Waals surface area contributed by atoms with Gasteiger partial charge in [-0.3, -0.25) is 14.4 Å². The monoisotopic (exact) mass is 514 g/mol. The van der Waals surface area contributed by atoms with Crippen LogP contribution in [-0.4, -0.2) is 46.5 Å². The highest BCUT2D eigenvalue weighted by atomic mass is 32.2. The van der Waals surface area contributed by atoms with E-state index in [-0.39, 0.29) is 30.5 Å². The second kappa shape index (κ2) is 11.3. The maximum atomic E-state index is 13.6. The summed E-state index contributed by atoms with van der Waals surface area (Å²) in [4.78, 5) is 47.0. The fourth-order valence-electron chi connectivity index (χ4n) is 4.27. The minimum absolute atomic E-state index is 0.0298. The Morgan fingerprint density at radius 3 is 2.51 bits per heavy atom. The molecule has 3 amide bonds. The van der Waals surface area contributed by atoms with E-state index >= 15 is 0 Å². The largest absolute Gasteiger partial charge is 0.497 e. The van der Waals surface area contributed by atoms with Crippen LogP contribution in [0.2, 0.25) is 0 Å². The van der Waals surface area contributed by atoms with E-state index in [1.807, 2.05) is 50.2 Å². The zero-order valence-electron chi connectivity index (χ0n) is 20.8. The molecule has 3 aromatic rings. The van der Waals surface area contributed by atoms with E-state index in [9.17, 15) is 19.6 Å². The van der Waals surface area contributed by atoms with Crippen molar-refractivity contribution in [2.24, 2.45) is 0 Å². The lowest BCUT2D eigenvalue weighted by molar-refractivity contribution is -0.136. The van der Waals surface area contributed by atoms with Gasteiger partial charge in [-0.25, -0.2) is 9.88 Å². The molecule has 4 rings (SSSR count). The highest BCUT2D eigenvalue weighted by Gasteiger charge is 2.44. The summed E-state index contributed by atoms with van der Waals surface area (Å²) in [6.45, 7) is 3.83. The molecule has 1 fully saturated rings. The van der Waals surface area contributed by atoms with E-state index < -0.39 is 11.9 Å². The molecule has 1 aromatic heterocycles. The topological polar surface area (TPSA) is 104 Å². The molecule has 8 nitrogen and oxygen atoms in total. The van der Waals surface area contributed by atoms with E-state index in [4.69, 9.17) is 4.74 Å². The van der Waals surface area contributed by atoms with Gasteiger partial charge >= 0.3 is 0 Å². The van der Waals surface area contributed by atoms with Crippen molar-refractivity contribution in [2.45, 2.75) is 37.9 Å². The normalized spacial score (nSPS) is 15.0. The Labute approximate surface area is 219 Å². The number of imide groups is 1. The number of carbonyl (C=O) groups excluding carboxylic acids is 3. The molecule has 0 spiro atoms. The maximum absolute atomic E-state index is 13.6. The molecule has 2 heterocycles. The van der Waals surface area contributed by atoms with Crippen LogP contribution in [0.4, 0.5) is 5.69 Å². The SMILES string of the molecule is COc1ccc(N2C(=O)CC(N(Cc3ccccc3)C(=O)CSc3nc(C)cc(C)c3C#N)C2=O)cc1. The Bertz CT molecular complexity index is 1370. The number of aromatic nitrogens is 1. The average molecular weight is 515 g/mol. The van der Waals surface area contributed by atoms with Gasteiger partial charge in [0.2, 0.25) is 11.8 Å². The summed E-state index contributed by atoms with van der Waals surface area (Å²) >= 11 is 1.16. The molecule has 0 radical (unpaired) electrons. The first-order valence-corrected chi connectivity index (χ1v) is 12.7. The number of anilines is 1. The first-order chi connectivity index (χ1) is 17.8. The molecular formula is C28H26N4O4S. The number of carbonyl (C=O) groups is 3. The molecule has 1 aliphatic heterocycles. The first kappa shape index (κ1) is 25.9. The van der Waals surface area contributed by atoms with Gasteiger partial charge in [0, 0.05) is 12.2 Å². The van der Waals surface area contributed by atoms with Gasteiger partial charge < -0.3 is 9.64 Å². The zero-order valence-corrected chi connectivity index (χ0v) is 21.6. The number of hydrogen-bond donors (Lipinski definition) is 0. The number of hydrogen-bond acceptors (Lipinski definition) is 7. The van der Waals surface area contributed by atoms with Gasteiger partial charge in [-0.1, -0.05) is 42.1 Å². The minimum atomic E-state index is -0.939. The Hall–Kier alpha value is -4.16. The minimum Gasteiger partial charge on any atom is -0.497 e. The molecule has 0 aliphatic carbocycles. The number of thioether (sulfide) groups is 1. The van der Waals surface area contributed by atoms with Crippen LogP contribution in [0.15, 0.2) is 65.7 Å². The van der Waals surface area contributed by atoms with E-state index in [1.165, 1.54) is 12.0 Å². The summed E-state index contributed by atoms with van der Waals surface area (Å²) in [6.07, 6.45) is -0.112. The number of nitriles is 1. The van der Waals surface area contributed by atoms with Crippen LogP contribution in [0.25, 0.3) is 0 Å². The second-order valence-electron chi connectivity index (χ2n) is 8.65. The van der Waals surface area contributed by atoms with Crippen molar-refractivity contribution in [2.75, 3.05) is 17.8 Å². The molecule has 2 aromatic carbocycles. The summed E-state index contributed by atoms with van der Waals surface area (Å²) in [5.74, 6) is -0.568. The van der Waals surface area contributed by atoms with Gasteiger partial charge in [-0.05, 0) is 55.3 Å². The van der Waals surface area contributed by atoms with Gasteiger partial charge in [-0.2, -0.15) is 5.26 Å². The maximum Gasteiger partial charge on any atom is 0.257 e. The van der Waals surface area contributed by atoms with E-state index in [0.717, 1.165) is 33.5 Å². The van der Waals surface area contributed by atoms with Crippen LogP contribution in [-0.2, 0) is 20.9 Å². The molecule has 0 bridgehead atoms. The quantitative estimate of drug-likeness (QED) is 0.330. The van der Waals surface area contributed by atoms with Gasteiger partial charge in [0.1, 0.15) is 22.9 Å². The Morgan fingerprint density at radius 2 is 1.86 bits per heavy atom. The average Bonchev–Trinajstić information content (AvgIpc) is 3.19. The number of benzene rings is 2. The lowest BCUT2D eigenvalue weighted by Crippen LogP contribution is -2.45. The smallest absolute Gasteiger partial charge is 0.257 e. The van der Waals surface area contributed by atoms with Crippen LogP contribution >= 0.6 is 11.8 Å². The van der Waals surface area contributed by atoms with Crippen molar-refractivity contribution < 1.29 is 19.1 Å². The summed E-state index contributed by atoms with van der Waals surface area (Å²) in [5.41, 5.74) is 3.23. The molecule has 0 N–H and O–H groups in total. The number of amides is 3. The molecule has 9 heteroatoms. The Balaban J connectivity index is 1.60. The van der Waals surface area contributed by atoms with E-state index in [0.29, 0.717) is 22.0 Å². The fraction of sp³-hybridized carbons (Fsp3) is 0.250. The highest BCUT2D eigenvalue weighted by Crippen LogP contribution is 2.30. The highest BCUT2D eigenvalue weighted by molar-refractivity contribution is 8.00. The van der Waals surface area contributed by atoms with Crippen molar-refractivity contribution in [3.8, 4) is 11.8 Å². The van der Waals surface area contributed by atoms with Crippen molar-refractivity contribution in [1.29, 1.82) is 5.26 Å². The number of aryl methyl sites for hydroxylation is 2. The predicted molar refractivity (Wildman–Crippen MR) is 140 cm³/mol. The summed E-state index contributed by atoms with van der Waals surface area (Å²) in [6, 6.07) is 19.0. The number of ether oxygens (including phenoxy) is 1.